The first kappa shape index (κ1) is 15.1. The smallest absolute Gasteiger partial charge is 0.325 e. The molecule has 100 valence electrons. The van der Waals surface area contributed by atoms with E-state index >= 15 is 0 Å². The number of nitrogens with one attached hydrogen (secondary N) is 1. The van der Waals surface area contributed by atoms with E-state index in [1.807, 2.05) is 0 Å². The first-order valence-electron chi connectivity index (χ1n) is 4.99. The third-order valence-corrected chi connectivity index (χ3v) is 2.92. The summed E-state index contributed by atoms with van der Waals surface area (Å²) >= 11 is 11.0. The quantitative estimate of drug-likeness (QED) is 0.834. The molecule has 0 radical (unpaired) electrons. The number of rotatable bonds is 3. The van der Waals surface area contributed by atoms with E-state index in [1.165, 1.54) is 13.0 Å². The lowest BCUT2D eigenvalue weighted by molar-refractivity contribution is -0.137. The zero-order chi connectivity index (χ0) is 13.9. The van der Waals surface area contributed by atoms with Gasteiger partial charge in [-0.05, 0) is 18.2 Å². The summed E-state index contributed by atoms with van der Waals surface area (Å²) in [5.41, 5.74) is -1.31. The van der Waals surface area contributed by atoms with Gasteiger partial charge in [0.15, 0.2) is 0 Å². The van der Waals surface area contributed by atoms with Gasteiger partial charge < -0.3 is 5.32 Å². The van der Waals surface area contributed by atoms with Gasteiger partial charge in [-0.2, -0.15) is 13.2 Å². The maximum atomic E-state index is 12.7. The molecule has 0 bridgehead atoms. The Hall–Kier alpha value is -0.940. The van der Waals surface area contributed by atoms with E-state index in [9.17, 15) is 18.0 Å². The monoisotopic (exact) mass is 299 g/mol. The van der Waals surface area contributed by atoms with Crippen molar-refractivity contribution in [3.05, 3.63) is 28.8 Å². The Kier molecular flexibility index (Phi) is 4.87. The van der Waals surface area contributed by atoms with Crippen LogP contribution in [0.2, 0.25) is 5.02 Å². The van der Waals surface area contributed by atoms with Gasteiger partial charge in [-0.1, -0.05) is 18.5 Å². The van der Waals surface area contributed by atoms with Crippen LogP contribution in [0.4, 0.5) is 18.9 Å². The number of carbonyl (C=O) groups is 1. The second kappa shape index (κ2) is 5.80. The molecule has 1 rings (SSSR count). The van der Waals surface area contributed by atoms with Gasteiger partial charge in [0.2, 0.25) is 5.91 Å². The minimum atomic E-state index is -4.59. The number of benzene rings is 1. The summed E-state index contributed by atoms with van der Waals surface area (Å²) in [4.78, 5) is 11.5. The molecule has 1 unspecified atom stereocenters. The molecular formula is C11H10Cl2F3NO. The number of hydrogen-bond acceptors (Lipinski definition) is 1. The highest BCUT2D eigenvalue weighted by molar-refractivity contribution is 6.30. The number of anilines is 1. The molecule has 1 aromatic rings. The van der Waals surface area contributed by atoms with Crippen LogP contribution in [0.15, 0.2) is 18.2 Å². The molecule has 18 heavy (non-hydrogen) atoms. The Bertz CT molecular complexity index is 448. The van der Waals surface area contributed by atoms with Crippen LogP contribution in [0, 0.1) is 5.92 Å². The van der Waals surface area contributed by atoms with Crippen LogP contribution in [-0.4, -0.2) is 11.8 Å². The van der Waals surface area contributed by atoms with E-state index in [4.69, 9.17) is 23.2 Å². The van der Waals surface area contributed by atoms with Crippen LogP contribution in [-0.2, 0) is 11.0 Å². The first-order chi connectivity index (χ1) is 8.25. The fourth-order valence-electron chi connectivity index (χ4n) is 1.19. The van der Waals surface area contributed by atoms with Crippen molar-refractivity contribution in [1.29, 1.82) is 0 Å². The Balaban J connectivity index is 3.06. The molecule has 0 aliphatic rings. The van der Waals surface area contributed by atoms with Gasteiger partial charge in [-0.15, -0.1) is 11.6 Å². The van der Waals surface area contributed by atoms with Crippen LogP contribution in [0.1, 0.15) is 12.5 Å². The van der Waals surface area contributed by atoms with Crippen molar-refractivity contribution < 1.29 is 18.0 Å². The van der Waals surface area contributed by atoms with Gasteiger partial charge in [0.05, 0.1) is 11.3 Å². The molecule has 1 aromatic carbocycles. The van der Waals surface area contributed by atoms with Crippen LogP contribution in [0.3, 0.4) is 0 Å². The maximum Gasteiger partial charge on any atom is 0.418 e. The molecule has 0 saturated carbocycles. The summed E-state index contributed by atoms with van der Waals surface area (Å²) in [6, 6.07) is 3.16. The van der Waals surface area contributed by atoms with E-state index in [0.717, 1.165) is 12.1 Å². The highest BCUT2D eigenvalue weighted by atomic mass is 35.5. The van der Waals surface area contributed by atoms with Gasteiger partial charge in [0, 0.05) is 16.8 Å². The summed E-state index contributed by atoms with van der Waals surface area (Å²) < 4.78 is 38.2. The van der Waals surface area contributed by atoms with Gasteiger partial charge in [0.1, 0.15) is 0 Å². The molecule has 1 amide bonds. The molecule has 0 fully saturated rings. The van der Waals surface area contributed by atoms with Crippen molar-refractivity contribution in [1.82, 2.24) is 0 Å². The van der Waals surface area contributed by atoms with E-state index < -0.39 is 23.6 Å². The average molecular weight is 300 g/mol. The number of halogens is 5. The first-order valence-corrected chi connectivity index (χ1v) is 5.90. The van der Waals surface area contributed by atoms with Crippen molar-refractivity contribution in [2.45, 2.75) is 13.1 Å². The molecule has 7 heteroatoms. The Labute approximate surface area is 112 Å². The van der Waals surface area contributed by atoms with Crippen molar-refractivity contribution in [3.8, 4) is 0 Å². The number of alkyl halides is 4. The van der Waals surface area contributed by atoms with Crippen LogP contribution >= 0.6 is 23.2 Å². The summed E-state index contributed by atoms with van der Waals surface area (Å²) in [5.74, 6) is -1.12. The highest BCUT2D eigenvalue weighted by Crippen LogP contribution is 2.36. The topological polar surface area (TPSA) is 29.1 Å². The predicted octanol–water partition coefficient (Wildman–Crippen LogP) is 4.17. The molecule has 0 heterocycles. The Morgan fingerprint density at radius 2 is 2.06 bits per heavy atom. The fourth-order valence-corrected chi connectivity index (χ4v) is 1.50. The zero-order valence-corrected chi connectivity index (χ0v) is 10.8. The fraction of sp³-hybridized carbons (Fsp3) is 0.364. The molecule has 1 N–H and O–H groups in total. The summed E-state index contributed by atoms with van der Waals surface area (Å²) in [7, 11) is 0. The van der Waals surface area contributed by atoms with Crippen LogP contribution < -0.4 is 5.32 Å². The Morgan fingerprint density at radius 3 is 2.56 bits per heavy atom. The lowest BCUT2D eigenvalue weighted by Crippen LogP contribution is -2.23. The van der Waals surface area contributed by atoms with E-state index in [1.54, 1.807) is 0 Å². The predicted molar refractivity (Wildman–Crippen MR) is 65.0 cm³/mol. The maximum absolute atomic E-state index is 12.7. The minimum absolute atomic E-state index is 0.0285. The highest BCUT2D eigenvalue weighted by Gasteiger charge is 2.34. The number of hydrogen-bond donors (Lipinski definition) is 1. The van der Waals surface area contributed by atoms with Gasteiger partial charge in [-0.25, -0.2) is 0 Å². The third-order valence-electron chi connectivity index (χ3n) is 2.22. The summed E-state index contributed by atoms with van der Waals surface area (Å²) in [5, 5.41) is 2.14. The standard InChI is InChI=1S/C11H10Cl2F3NO/c1-6(5-12)10(18)17-9-3-2-7(13)4-8(9)11(14,15)16/h2-4,6H,5H2,1H3,(H,17,18). The number of amides is 1. The summed E-state index contributed by atoms with van der Waals surface area (Å²) in [6.07, 6.45) is -4.59. The normalized spacial score (nSPS) is 13.2. The van der Waals surface area contributed by atoms with Gasteiger partial charge in [-0.3, -0.25) is 4.79 Å². The lowest BCUT2D eigenvalue weighted by Gasteiger charge is -2.15. The second-order valence-corrected chi connectivity index (χ2v) is 4.48. The van der Waals surface area contributed by atoms with E-state index in [2.05, 4.69) is 5.32 Å². The third kappa shape index (κ3) is 3.78. The largest absolute Gasteiger partial charge is 0.418 e. The van der Waals surface area contributed by atoms with E-state index in [-0.39, 0.29) is 16.6 Å². The van der Waals surface area contributed by atoms with Crippen LogP contribution in [0.25, 0.3) is 0 Å². The van der Waals surface area contributed by atoms with Crippen LogP contribution in [0.5, 0.6) is 0 Å². The van der Waals surface area contributed by atoms with Crippen molar-refractivity contribution in [2.24, 2.45) is 5.92 Å². The molecule has 0 aliphatic heterocycles. The minimum Gasteiger partial charge on any atom is -0.325 e. The summed E-state index contributed by atoms with van der Waals surface area (Å²) in [6.45, 7) is 1.52. The lowest BCUT2D eigenvalue weighted by atomic mass is 10.1. The van der Waals surface area contributed by atoms with E-state index in [0.29, 0.717) is 0 Å². The SMILES string of the molecule is CC(CCl)C(=O)Nc1ccc(Cl)cc1C(F)(F)F. The van der Waals surface area contributed by atoms with Crippen molar-refractivity contribution in [3.63, 3.8) is 0 Å². The molecule has 1 atom stereocenters. The Morgan fingerprint density at radius 1 is 1.44 bits per heavy atom. The van der Waals surface area contributed by atoms with Crippen molar-refractivity contribution in [2.75, 3.05) is 11.2 Å². The molecule has 0 aliphatic carbocycles. The molecule has 2 nitrogen and oxygen atoms in total. The molecule has 0 saturated heterocycles. The van der Waals surface area contributed by atoms with Gasteiger partial charge in [0.25, 0.3) is 0 Å². The molecule has 0 aromatic heterocycles. The number of carbonyl (C=O) groups excluding carboxylic acids is 1. The average Bonchev–Trinajstić information content (AvgIpc) is 2.28. The van der Waals surface area contributed by atoms with Gasteiger partial charge >= 0.3 is 6.18 Å². The zero-order valence-electron chi connectivity index (χ0n) is 9.31. The van der Waals surface area contributed by atoms with Crippen molar-refractivity contribution >= 4 is 34.8 Å². The molecule has 0 spiro atoms. The molecular weight excluding hydrogens is 290 g/mol. The second-order valence-electron chi connectivity index (χ2n) is 3.73.